The van der Waals surface area contributed by atoms with Crippen LogP contribution in [0.15, 0.2) is 42.5 Å². The third kappa shape index (κ3) is 7.05. The number of nitrogens with zero attached hydrogens (tertiary/aromatic N) is 1. The maximum absolute atomic E-state index is 13.2. The maximum Gasteiger partial charge on any atom is 0.261 e. The van der Waals surface area contributed by atoms with Crippen LogP contribution in [0.5, 0.6) is 17.2 Å². The number of rotatable bonds is 11. The van der Waals surface area contributed by atoms with E-state index in [0.29, 0.717) is 22.3 Å². The molecule has 2 atom stereocenters. The Balaban J connectivity index is 2.21. The third-order valence-corrected chi connectivity index (χ3v) is 5.52. The molecule has 1 N–H and O–H groups in total. The average molecular weight is 463 g/mol. The summed E-state index contributed by atoms with van der Waals surface area (Å²) in [5, 5.41) is 3.46. The van der Waals surface area contributed by atoms with E-state index < -0.39 is 6.04 Å². The molecule has 0 aliphatic heterocycles. The molecule has 0 spiro atoms. The Hall–Kier alpha value is -2.93. The predicted octanol–water partition coefficient (Wildman–Crippen LogP) is 4.07. The van der Waals surface area contributed by atoms with E-state index >= 15 is 0 Å². The van der Waals surface area contributed by atoms with Crippen molar-refractivity contribution in [1.29, 1.82) is 0 Å². The Labute approximate surface area is 194 Å². The number of amides is 2. The lowest BCUT2D eigenvalue weighted by molar-refractivity contribution is -0.142. The number of carbonyl (C=O) groups excluding carboxylic acids is 2. The number of nitrogens with one attached hydrogen (secondary N) is 1. The number of hydrogen-bond donors (Lipinski definition) is 1. The molecule has 2 rings (SSSR count). The summed E-state index contributed by atoms with van der Waals surface area (Å²) in [4.78, 5) is 27.4. The zero-order chi connectivity index (χ0) is 23.7. The van der Waals surface area contributed by atoms with Gasteiger partial charge < -0.3 is 24.4 Å². The molecule has 0 radical (unpaired) electrons. The highest BCUT2D eigenvalue weighted by atomic mass is 35.5. The van der Waals surface area contributed by atoms with Crippen LogP contribution in [0.1, 0.15) is 32.8 Å². The molecule has 2 aromatic rings. The molecule has 0 bridgehead atoms. The standard InChI is InChI=1S/C24H31ClN2O5/c1-6-16(2)26-24(29)17(3)27(14-18-9-7-8-10-22(18)25)23(28)15-32-21-12-19(30-4)11-20(13-21)31-5/h7-13,16-17H,6,14-15H2,1-5H3,(H,26,29)/t16-,17-/m0/s1. The molecule has 174 valence electrons. The van der Waals surface area contributed by atoms with Crippen LogP contribution < -0.4 is 19.5 Å². The van der Waals surface area contributed by atoms with Gasteiger partial charge in [-0.15, -0.1) is 0 Å². The van der Waals surface area contributed by atoms with Crippen molar-refractivity contribution in [2.45, 2.75) is 45.8 Å². The summed E-state index contributed by atoms with van der Waals surface area (Å²) < 4.78 is 16.2. The second kappa shape index (κ2) is 12.2. The fourth-order valence-electron chi connectivity index (χ4n) is 2.95. The minimum absolute atomic E-state index is 0.00251. The van der Waals surface area contributed by atoms with E-state index in [4.69, 9.17) is 25.8 Å². The van der Waals surface area contributed by atoms with Gasteiger partial charge in [-0.05, 0) is 31.9 Å². The molecule has 2 amide bonds. The topological polar surface area (TPSA) is 77.1 Å². The van der Waals surface area contributed by atoms with Crippen LogP contribution in [-0.4, -0.2) is 49.6 Å². The number of benzene rings is 2. The minimum Gasteiger partial charge on any atom is -0.496 e. The van der Waals surface area contributed by atoms with Crippen molar-refractivity contribution in [3.63, 3.8) is 0 Å². The van der Waals surface area contributed by atoms with Gasteiger partial charge in [0.2, 0.25) is 5.91 Å². The molecule has 0 fully saturated rings. The van der Waals surface area contributed by atoms with Gasteiger partial charge in [-0.1, -0.05) is 36.7 Å². The molecule has 0 saturated heterocycles. The summed E-state index contributed by atoms with van der Waals surface area (Å²) in [5.41, 5.74) is 0.744. The summed E-state index contributed by atoms with van der Waals surface area (Å²) in [6.07, 6.45) is 0.789. The van der Waals surface area contributed by atoms with E-state index in [2.05, 4.69) is 5.32 Å². The van der Waals surface area contributed by atoms with Crippen molar-refractivity contribution >= 4 is 23.4 Å². The zero-order valence-corrected chi connectivity index (χ0v) is 19.9. The van der Waals surface area contributed by atoms with Crippen LogP contribution in [0.3, 0.4) is 0 Å². The monoisotopic (exact) mass is 462 g/mol. The van der Waals surface area contributed by atoms with Gasteiger partial charge in [0.05, 0.1) is 14.2 Å². The molecule has 32 heavy (non-hydrogen) atoms. The molecule has 0 aliphatic carbocycles. The molecule has 0 aliphatic rings. The van der Waals surface area contributed by atoms with Crippen LogP contribution in [0.25, 0.3) is 0 Å². The largest absolute Gasteiger partial charge is 0.496 e. The number of ether oxygens (including phenoxy) is 3. The minimum atomic E-state index is -0.712. The van der Waals surface area contributed by atoms with Gasteiger partial charge in [-0.3, -0.25) is 9.59 Å². The Morgan fingerprint density at radius 3 is 2.19 bits per heavy atom. The third-order valence-electron chi connectivity index (χ3n) is 5.15. The highest BCUT2D eigenvalue weighted by Gasteiger charge is 2.27. The van der Waals surface area contributed by atoms with E-state index in [1.54, 1.807) is 31.2 Å². The van der Waals surface area contributed by atoms with E-state index in [0.717, 1.165) is 12.0 Å². The van der Waals surface area contributed by atoms with Gasteiger partial charge in [0.1, 0.15) is 23.3 Å². The Morgan fingerprint density at radius 2 is 1.62 bits per heavy atom. The quantitative estimate of drug-likeness (QED) is 0.544. The first-order valence-corrected chi connectivity index (χ1v) is 10.9. The molecule has 0 unspecified atom stereocenters. The van der Waals surface area contributed by atoms with E-state index in [9.17, 15) is 9.59 Å². The molecule has 0 heterocycles. The summed E-state index contributed by atoms with van der Waals surface area (Å²) in [6.45, 7) is 5.52. The van der Waals surface area contributed by atoms with Crippen LogP contribution >= 0.6 is 11.6 Å². The van der Waals surface area contributed by atoms with Crippen LogP contribution in [-0.2, 0) is 16.1 Å². The smallest absolute Gasteiger partial charge is 0.261 e. The number of carbonyl (C=O) groups is 2. The van der Waals surface area contributed by atoms with Crippen LogP contribution in [0.2, 0.25) is 5.02 Å². The highest BCUT2D eigenvalue weighted by Crippen LogP contribution is 2.27. The number of hydrogen-bond acceptors (Lipinski definition) is 5. The lowest BCUT2D eigenvalue weighted by atomic mass is 10.1. The summed E-state index contributed by atoms with van der Waals surface area (Å²) >= 11 is 6.31. The fourth-order valence-corrected chi connectivity index (χ4v) is 3.15. The van der Waals surface area contributed by atoms with Gasteiger partial charge in [-0.2, -0.15) is 0 Å². The van der Waals surface area contributed by atoms with Gasteiger partial charge in [-0.25, -0.2) is 0 Å². The molecule has 0 aromatic heterocycles. The number of methoxy groups -OCH3 is 2. The van der Waals surface area contributed by atoms with Crippen molar-refractivity contribution in [3.05, 3.63) is 53.1 Å². The predicted molar refractivity (Wildman–Crippen MR) is 124 cm³/mol. The molecule has 2 aromatic carbocycles. The Morgan fingerprint density at radius 1 is 1.03 bits per heavy atom. The van der Waals surface area contributed by atoms with Crippen molar-refractivity contribution < 1.29 is 23.8 Å². The maximum atomic E-state index is 13.2. The van der Waals surface area contributed by atoms with Crippen LogP contribution in [0.4, 0.5) is 0 Å². The first kappa shape index (κ1) is 25.3. The van der Waals surface area contributed by atoms with Gasteiger partial charge in [0.15, 0.2) is 6.61 Å². The van der Waals surface area contributed by atoms with E-state index in [1.165, 1.54) is 19.1 Å². The lowest BCUT2D eigenvalue weighted by Gasteiger charge is -2.30. The molecule has 8 heteroatoms. The average Bonchev–Trinajstić information content (AvgIpc) is 2.81. The van der Waals surface area contributed by atoms with E-state index in [-0.39, 0.29) is 31.0 Å². The highest BCUT2D eigenvalue weighted by molar-refractivity contribution is 6.31. The summed E-state index contributed by atoms with van der Waals surface area (Å²) in [5.74, 6) is 0.923. The second-order valence-electron chi connectivity index (χ2n) is 7.44. The van der Waals surface area contributed by atoms with Crippen molar-refractivity contribution in [3.8, 4) is 17.2 Å². The first-order chi connectivity index (χ1) is 15.3. The van der Waals surface area contributed by atoms with Crippen LogP contribution in [0, 0.1) is 0 Å². The normalized spacial score (nSPS) is 12.4. The van der Waals surface area contributed by atoms with Crippen molar-refractivity contribution in [2.24, 2.45) is 0 Å². The SMILES string of the molecule is CC[C@H](C)NC(=O)[C@H](C)N(Cc1ccccc1Cl)C(=O)COc1cc(OC)cc(OC)c1. The second-order valence-corrected chi connectivity index (χ2v) is 7.85. The van der Waals surface area contributed by atoms with Gasteiger partial charge in [0.25, 0.3) is 5.91 Å². The first-order valence-electron chi connectivity index (χ1n) is 10.5. The van der Waals surface area contributed by atoms with Crippen molar-refractivity contribution in [1.82, 2.24) is 10.2 Å². The summed E-state index contributed by atoms with van der Waals surface area (Å²) in [6, 6.07) is 11.6. The zero-order valence-electron chi connectivity index (χ0n) is 19.2. The summed E-state index contributed by atoms with van der Waals surface area (Å²) in [7, 11) is 3.07. The molecular weight excluding hydrogens is 432 g/mol. The fraction of sp³-hybridized carbons (Fsp3) is 0.417. The van der Waals surface area contributed by atoms with Gasteiger partial charge in [0, 0.05) is 35.8 Å². The lowest BCUT2D eigenvalue weighted by Crippen LogP contribution is -2.50. The Kier molecular flexibility index (Phi) is 9.65. The number of halogens is 1. The van der Waals surface area contributed by atoms with E-state index in [1.807, 2.05) is 32.0 Å². The Bertz CT molecular complexity index is 899. The van der Waals surface area contributed by atoms with Gasteiger partial charge >= 0.3 is 0 Å². The molecular formula is C24H31ClN2O5. The van der Waals surface area contributed by atoms with Crippen molar-refractivity contribution in [2.75, 3.05) is 20.8 Å². The molecule has 0 saturated carbocycles. The molecule has 7 nitrogen and oxygen atoms in total.